The second-order valence-electron chi connectivity index (χ2n) is 4.39. The zero-order valence-electron chi connectivity index (χ0n) is 10.5. The summed E-state index contributed by atoms with van der Waals surface area (Å²) in [5, 5.41) is 3.18. The molecule has 1 N–H and O–H groups in total. The number of ether oxygens (including phenoxy) is 1. The molecular weight excluding hydrogens is 214 g/mol. The Bertz CT molecular complexity index is 416. The van der Waals surface area contributed by atoms with E-state index in [2.05, 4.69) is 11.4 Å². The van der Waals surface area contributed by atoms with Crippen LogP contribution in [-0.2, 0) is 21.5 Å². The van der Waals surface area contributed by atoms with Crippen LogP contribution in [0.1, 0.15) is 30.9 Å². The molecule has 3 heteroatoms. The number of nitrogens with one attached hydrogen (secondary N) is 1. The Morgan fingerprint density at radius 1 is 1.47 bits per heavy atom. The Kier molecular flexibility index (Phi) is 3.48. The zero-order chi connectivity index (χ0) is 12.3. The molecule has 17 heavy (non-hydrogen) atoms. The molecule has 1 atom stereocenters. The highest BCUT2D eigenvalue weighted by molar-refractivity contribution is 5.83. The number of hydrogen-bond donors (Lipinski definition) is 1. The number of likely N-dealkylation sites (N-methyl/N-ethyl adjacent to an activating group) is 1. The molecule has 0 aromatic heterocycles. The van der Waals surface area contributed by atoms with E-state index in [4.69, 9.17) is 4.74 Å². The van der Waals surface area contributed by atoms with Crippen molar-refractivity contribution < 1.29 is 9.53 Å². The summed E-state index contributed by atoms with van der Waals surface area (Å²) in [7, 11) is 1.83. The molecule has 0 bridgehead atoms. The van der Waals surface area contributed by atoms with E-state index in [-0.39, 0.29) is 5.97 Å². The van der Waals surface area contributed by atoms with Crippen molar-refractivity contribution >= 4 is 5.97 Å². The molecule has 1 unspecified atom stereocenters. The highest BCUT2D eigenvalue weighted by Gasteiger charge is 2.43. The molecule has 0 aliphatic heterocycles. The van der Waals surface area contributed by atoms with Crippen molar-refractivity contribution in [1.82, 2.24) is 5.32 Å². The molecule has 0 amide bonds. The monoisotopic (exact) mass is 233 g/mol. The SMILES string of the molecule is CCOC(=O)C1(NC)CCCc2ccccc21. The standard InChI is InChI=1S/C14H19NO2/c1-3-17-13(16)14(15-2)10-6-8-11-7-4-5-9-12(11)14/h4-5,7,9,15H,3,6,8,10H2,1-2H3. The molecule has 92 valence electrons. The van der Waals surface area contributed by atoms with Gasteiger partial charge < -0.3 is 10.1 Å². The summed E-state index contributed by atoms with van der Waals surface area (Å²) in [5.74, 6) is -0.158. The lowest BCUT2D eigenvalue weighted by Gasteiger charge is -2.36. The Hall–Kier alpha value is -1.35. The molecule has 1 aliphatic rings. The van der Waals surface area contributed by atoms with Gasteiger partial charge in [-0.1, -0.05) is 24.3 Å². The van der Waals surface area contributed by atoms with E-state index in [1.54, 1.807) is 0 Å². The van der Waals surface area contributed by atoms with Crippen molar-refractivity contribution in [2.75, 3.05) is 13.7 Å². The van der Waals surface area contributed by atoms with Crippen molar-refractivity contribution in [2.24, 2.45) is 0 Å². The van der Waals surface area contributed by atoms with Crippen LogP contribution >= 0.6 is 0 Å². The minimum Gasteiger partial charge on any atom is -0.464 e. The molecule has 0 saturated heterocycles. The van der Waals surface area contributed by atoms with Gasteiger partial charge in [0.25, 0.3) is 0 Å². The lowest BCUT2D eigenvalue weighted by Crippen LogP contribution is -2.50. The molecule has 2 rings (SSSR count). The van der Waals surface area contributed by atoms with E-state index in [0.29, 0.717) is 6.61 Å². The van der Waals surface area contributed by atoms with Crippen LogP contribution in [0.2, 0.25) is 0 Å². The lowest BCUT2D eigenvalue weighted by atomic mass is 9.76. The number of hydrogen-bond acceptors (Lipinski definition) is 3. The molecular formula is C14H19NO2. The Morgan fingerprint density at radius 2 is 2.24 bits per heavy atom. The summed E-state index contributed by atoms with van der Waals surface area (Å²) in [4.78, 5) is 12.2. The van der Waals surface area contributed by atoms with Gasteiger partial charge in [-0.3, -0.25) is 0 Å². The van der Waals surface area contributed by atoms with Crippen LogP contribution in [0.3, 0.4) is 0 Å². The largest absolute Gasteiger partial charge is 0.464 e. The third-order valence-corrected chi connectivity index (χ3v) is 3.53. The Balaban J connectivity index is 2.45. The van der Waals surface area contributed by atoms with E-state index >= 15 is 0 Å². The summed E-state index contributed by atoms with van der Waals surface area (Å²) in [6.07, 6.45) is 2.86. The molecule has 1 aromatic carbocycles. The summed E-state index contributed by atoms with van der Waals surface area (Å²) in [6.45, 7) is 2.26. The quantitative estimate of drug-likeness (QED) is 0.811. The smallest absolute Gasteiger partial charge is 0.330 e. The van der Waals surface area contributed by atoms with Gasteiger partial charge in [0.05, 0.1) is 6.61 Å². The number of benzene rings is 1. The Labute approximate surface area is 102 Å². The van der Waals surface area contributed by atoms with Crippen molar-refractivity contribution in [3.05, 3.63) is 35.4 Å². The first-order valence-electron chi connectivity index (χ1n) is 6.19. The number of fused-ring (bicyclic) bond motifs is 1. The zero-order valence-corrected chi connectivity index (χ0v) is 10.5. The van der Waals surface area contributed by atoms with Gasteiger partial charge >= 0.3 is 5.97 Å². The third kappa shape index (κ3) is 1.95. The van der Waals surface area contributed by atoms with E-state index in [1.165, 1.54) is 5.56 Å². The maximum absolute atomic E-state index is 12.2. The number of esters is 1. The van der Waals surface area contributed by atoms with Crippen LogP contribution < -0.4 is 5.32 Å². The number of carbonyl (C=O) groups is 1. The van der Waals surface area contributed by atoms with Gasteiger partial charge in [0.2, 0.25) is 0 Å². The average Bonchev–Trinajstić information content (AvgIpc) is 2.38. The van der Waals surface area contributed by atoms with E-state index in [1.807, 2.05) is 32.2 Å². The highest BCUT2D eigenvalue weighted by Crippen LogP contribution is 2.36. The Morgan fingerprint density at radius 3 is 2.94 bits per heavy atom. The number of rotatable bonds is 3. The summed E-state index contributed by atoms with van der Waals surface area (Å²) < 4.78 is 5.23. The second kappa shape index (κ2) is 4.88. The van der Waals surface area contributed by atoms with E-state index in [9.17, 15) is 4.79 Å². The molecule has 3 nitrogen and oxygen atoms in total. The summed E-state index contributed by atoms with van der Waals surface area (Å²) in [6, 6.07) is 8.13. The predicted octanol–water partition coefficient (Wildman–Crippen LogP) is 2.00. The molecule has 0 fully saturated rings. The van der Waals surface area contributed by atoms with Crippen LogP contribution in [0.25, 0.3) is 0 Å². The fourth-order valence-corrected chi connectivity index (χ4v) is 2.66. The van der Waals surface area contributed by atoms with Gasteiger partial charge in [-0.15, -0.1) is 0 Å². The lowest BCUT2D eigenvalue weighted by molar-refractivity contribution is -0.152. The van der Waals surface area contributed by atoms with E-state index in [0.717, 1.165) is 24.8 Å². The predicted molar refractivity (Wildman–Crippen MR) is 66.8 cm³/mol. The van der Waals surface area contributed by atoms with Crippen molar-refractivity contribution in [3.8, 4) is 0 Å². The average molecular weight is 233 g/mol. The van der Waals surface area contributed by atoms with Gasteiger partial charge in [0.15, 0.2) is 0 Å². The second-order valence-corrected chi connectivity index (χ2v) is 4.39. The van der Waals surface area contributed by atoms with Crippen LogP contribution in [0.15, 0.2) is 24.3 Å². The fourth-order valence-electron chi connectivity index (χ4n) is 2.66. The van der Waals surface area contributed by atoms with Gasteiger partial charge in [-0.05, 0) is 44.4 Å². The third-order valence-electron chi connectivity index (χ3n) is 3.53. The highest BCUT2D eigenvalue weighted by atomic mass is 16.5. The molecule has 1 aliphatic carbocycles. The van der Waals surface area contributed by atoms with E-state index < -0.39 is 5.54 Å². The molecule has 0 radical (unpaired) electrons. The summed E-state index contributed by atoms with van der Waals surface area (Å²) >= 11 is 0. The first kappa shape index (κ1) is 12.1. The van der Waals surface area contributed by atoms with Crippen molar-refractivity contribution in [1.29, 1.82) is 0 Å². The minimum atomic E-state index is -0.648. The topological polar surface area (TPSA) is 38.3 Å². The molecule has 0 saturated carbocycles. The normalized spacial score (nSPS) is 22.9. The van der Waals surface area contributed by atoms with Crippen LogP contribution in [0, 0.1) is 0 Å². The van der Waals surface area contributed by atoms with Gasteiger partial charge in [-0.2, -0.15) is 0 Å². The van der Waals surface area contributed by atoms with Gasteiger partial charge in [-0.25, -0.2) is 4.79 Å². The van der Waals surface area contributed by atoms with Crippen LogP contribution in [0.4, 0.5) is 0 Å². The maximum atomic E-state index is 12.2. The van der Waals surface area contributed by atoms with Crippen LogP contribution in [0.5, 0.6) is 0 Å². The molecule has 1 aromatic rings. The minimum absolute atomic E-state index is 0.158. The van der Waals surface area contributed by atoms with Gasteiger partial charge in [0, 0.05) is 0 Å². The van der Waals surface area contributed by atoms with Crippen molar-refractivity contribution in [3.63, 3.8) is 0 Å². The first-order chi connectivity index (χ1) is 8.24. The number of carbonyl (C=O) groups excluding carboxylic acids is 1. The van der Waals surface area contributed by atoms with Crippen LogP contribution in [-0.4, -0.2) is 19.6 Å². The molecule has 0 spiro atoms. The number of aryl methyl sites for hydroxylation is 1. The van der Waals surface area contributed by atoms with Crippen molar-refractivity contribution in [2.45, 2.75) is 31.7 Å². The first-order valence-corrected chi connectivity index (χ1v) is 6.19. The fraction of sp³-hybridized carbons (Fsp3) is 0.500. The van der Waals surface area contributed by atoms with Gasteiger partial charge in [0.1, 0.15) is 5.54 Å². The summed E-state index contributed by atoms with van der Waals surface area (Å²) in [5.41, 5.74) is 1.68. The maximum Gasteiger partial charge on any atom is 0.330 e. The molecule has 0 heterocycles.